The first-order valence-corrected chi connectivity index (χ1v) is 8.14. The molecule has 0 saturated heterocycles. The molecule has 0 heterocycles. The minimum absolute atomic E-state index is 0.0549. The summed E-state index contributed by atoms with van der Waals surface area (Å²) in [5, 5.41) is 13.8. The van der Waals surface area contributed by atoms with Crippen molar-refractivity contribution >= 4 is 43.0 Å². The number of amides is 2. The first kappa shape index (κ1) is 21.0. The van der Waals surface area contributed by atoms with Crippen molar-refractivity contribution in [3.63, 3.8) is 0 Å². The fourth-order valence-electron chi connectivity index (χ4n) is 1.58. The van der Waals surface area contributed by atoms with Crippen LogP contribution in [-0.4, -0.2) is 59.1 Å². The van der Waals surface area contributed by atoms with Crippen molar-refractivity contribution in [2.45, 2.75) is 37.4 Å². The molecule has 10 heteroatoms. The highest BCUT2D eigenvalue weighted by Gasteiger charge is 2.26. The van der Waals surface area contributed by atoms with Gasteiger partial charge in [0.1, 0.15) is 12.1 Å². The Balaban J connectivity index is 4.78. The van der Waals surface area contributed by atoms with Crippen molar-refractivity contribution in [1.82, 2.24) is 10.6 Å². The molecule has 22 heavy (non-hydrogen) atoms. The summed E-state index contributed by atoms with van der Waals surface area (Å²) >= 11 is 7.79. The third kappa shape index (κ3) is 7.87. The Morgan fingerprint density at radius 3 is 2.05 bits per heavy atom. The molecule has 0 aliphatic carbocycles. The summed E-state index contributed by atoms with van der Waals surface area (Å²) in [6.45, 7) is 0.465. The van der Waals surface area contributed by atoms with Gasteiger partial charge in [0.25, 0.3) is 0 Å². The molecule has 0 bridgehead atoms. The average molecular weight is 352 g/mol. The Morgan fingerprint density at radius 2 is 1.59 bits per heavy atom. The van der Waals surface area contributed by atoms with Crippen molar-refractivity contribution in [1.29, 1.82) is 0 Å². The van der Waals surface area contributed by atoms with Gasteiger partial charge in [0.15, 0.2) is 0 Å². The van der Waals surface area contributed by atoms with Crippen LogP contribution >= 0.6 is 25.3 Å². The molecule has 0 radical (unpaired) electrons. The van der Waals surface area contributed by atoms with Gasteiger partial charge < -0.3 is 27.2 Å². The standard InChI is InChI=1S/C12H24N4O4S2/c13-4-2-1-3-8(15-10(17)7(14)5-21)11(18)16-9(6-22)12(19)20/h7-9,21-22H,1-6,13-14H2,(H,15,17)(H,16,18)(H,19,20)/t7-,8-,9-/m0/s1. The zero-order valence-electron chi connectivity index (χ0n) is 12.2. The van der Waals surface area contributed by atoms with E-state index in [4.69, 9.17) is 16.6 Å². The number of carboxylic acids is 1. The third-order valence-corrected chi connectivity index (χ3v) is 3.67. The van der Waals surface area contributed by atoms with E-state index in [0.717, 1.165) is 0 Å². The second kappa shape index (κ2) is 11.6. The van der Waals surface area contributed by atoms with Gasteiger partial charge in [-0.2, -0.15) is 25.3 Å². The second-order valence-electron chi connectivity index (χ2n) is 4.72. The lowest BCUT2D eigenvalue weighted by Crippen LogP contribution is -2.55. The number of rotatable bonds is 11. The molecular weight excluding hydrogens is 328 g/mol. The van der Waals surface area contributed by atoms with E-state index in [1.807, 2.05) is 0 Å². The largest absolute Gasteiger partial charge is 0.480 e. The summed E-state index contributed by atoms with van der Waals surface area (Å²) in [6.07, 6.45) is 1.64. The molecule has 0 fully saturated rings. The molecule has 0 aromatic carbocycles. The first-order chi connectivity index (χ1) is 10.4. The van der Waals surface area contributed by atoms with E-state index in [-0.39, 0.29) is 11.5 Å². The molecule has 0 unspecified atom stereocenters. The van der Waals surface area contributed by atoms with E-state index in [0.29, 0.717) is 25.8 Å². The van der Waals surface area contributed by atoms with Gasteiger partial charge in [0, 0.05) is 11.5 Å². The maximum Gasteiger partial charge on any atom is 0.327 e. The Labute approximate surface area is 140 Å². The number of hydrogen-bond acceptors (Lipinski definition) is 7. The van der Waals surface area contributed by atoms with Crippen molar-refractivity contribution < 1.29 is 19.5 Å². The van der Waals surface area contributed by atoms with Gasteiger partial charge in [-0.25, -0.2) is 4.79 Å². The highest BCUT2D eigenvalue weighted by molar-refractivity contribution is 7.80. The summed E-state index contributed by atoms with van der Waals surface area (Å²) < 4.78 is 0. The molecule has 0 spiro atoms. The number of thiol groups is 2. The van der Waals surface area contributed by atoms with Crippen molar-refractivity contribution in [3.05, 3.63) is 0 Å². The fourth-order valence-corrected chi connectivity index (χ4v) is 1.99. The van der Waals surface area contributed by atoms with Gasteiger partial charge in [-0.3, -0.25) is 9.59 Å². The van der Waals surface area contributed by atoms with Gasteiger partial charge in [-0.05, 0) is 25.8 Å². The van der Waals surface area contributed by atoms with E-state index in [1.165, 1.54) is 0 Å². The molecule has 0 aromatic heterocycles. The summed E-state index contributed by atoms with van der Waals surface area (Å²) in [4.78, 5) is 34.9. The lowest BCUT2D eigenvalue weighted by atomic mass is 10.1. The van der Waals surface area contributed by atoms with Crippen molar-refractivity contribution in [2.24, 2.45) is 11.5 Å². The minimum Gasteiger partial charge on any atom is -0.480 e. The van der Waals surface area contributed by atoms with Gasteiger partial charge >= 0.3 is 5.97 Å². The number of aliphatic carboxylic acids is 1. The van der Waals surface area contributed by atoms with Gasteiger partial charge in [0.05, 0.1) is 6.04 Å². The number of unbranched alkanes of at least 4 members (excludes halogenated alkanes) is 1. The van der Waals surface area contributed by atoms with E-state index in [2.05, 4.69) is 35.9 Å². The minimum atomic E-state index is -1.19. The molecule has 7 N–H and O–H groups in total. The van der Waals surface area contributed by atoms with Crippen LogP contribution in [0.4, 0.5) is 0 Å². The van der Waals surface area contributed by atoms with E-state index >= 15 is 0 Å². The van der Waals surface area contributed by atoms with E-state index < -0.39 is 35.9 Å². The molecule has 128 valence electrons. The molecule has 0 aliphatic heterocycles. The predicted molar refractivity (Wildman–Crippen MR) is 90.1 cm³/mol. The summed E-state index contributed by atoms with van der Waals surface area (Å²) in [7, 11) is 0. The molecule has 0 aliphatic rings. The topological polar surface area (TPSA) is 148 Å². The van der Waals surface area contributed by atoms with Crippen LogP contribution in [0.5, 0.6) is 0 Å². The van der Waals surface area contributed by atoms with Crippen LogP contribution in [0.1, 0.15) is 19.3 Å². The Hall–Kier alpha value is -0.970. The monoisotopic (exact) mass is 352 g/mol. The number of carbonyl (C=O) groups is 3. The maximum atomic E-state index is 12.1. The lowest BCUT2D eigenvalue weighted by molar-refractivity contribution is -0.141. The summed E-state index contributed by atoms with van der Waals surface area (Å²) in [5.41, 5.74) is 10.9. The molecule has 0 saturated carbocycles. The second-order valence-corrected chi connectivity index (χ2v) is 5.45. The average Bonchev–Trinajstić information content (AvgIpc) is 2.49. The van der Waals surface area contributed by atoms with Crippen LogP contribution in [0.3, 0.4) is 0 Å². The highest BCUT2D eigenvalue weighted by Crippen LogP contribution is 2.03. The fraction of sp³-hybridized carbons (Fsp3) is 0.750. The molecule has 8 nitrogen and oxygen atoms in total. The van der Waals surface area contributed by atoms with Crippen LogP contribution in [0.15, 0.2) is 0 Å². The molecule has 0 rings (SSSR count). The van der Waals surface area contributed by atoms with Crippen molar-refractivity contribution in [2.75, 3.05) is 18.1 Å². The van der Waals surface area contributed by atoms with Gasteiger partial charge in [-0.15, -0.1) is 0 Å². The first-order valence-electron chi connectivity index (χ1n) is 6.88. The predicted octanol–water partition coefficient (Wildman–Crippen LogP) is -1.64. The quantitative estimate of drug-likeness (QED) is 0.175. The summed E-state index contributed by atoms with van der Waals surface area (Å²) in [5.74, 6) is -2.21. The summed E-state index contributed by atoms with van der Waals surface area (Å²) in [6, 6.07) is -2.83. The highest BCUT2D eigenvalue weighted by atomic mass is 32.1. The lowest BCUT2D eigenvalue weighted by Gasteiger charge is -2.22. The SMILES string of the molecule is NCCCC[C@H](NC(=O)[C@@H](N)CS)C(=O)N[C@@H](CS)C(=O)O. The van der Waals surface area contributed by atoms with Crippen LogP contribution in [0.25, 0.3) is 0 Å². The van der Waals surface area contributed by atoms with Crippen LogP contribution in [0, 0.1) is 0 Å². The van der Waals surface area contributed by atoms with Crippen LogP contribution < -0.4 is 22.1 Å². The van der Waals surface area contributed by atoms with E-state index in [9.17, 15) is 14.4 Å². The smallest absolute Gasteiger partial charge is 0.327 e. The van der Waals surface area contributed by atoms with Crippen LogP contribution in [-0.2, 0) is 14.4 Å². The molecule has 0 aromatic rings. The molecular formula is C12H24N4O4S2. The Kier molecular flexibility index (Phi) is 11.1. The van der Waals surface area contributed by atoms with Crippen molar-refractivity contribution in [3.8, 4) is 0 Å². The third-order valence-electron chi connectivity index (χ3n) is 2.91. The molecule has 3 atom stereocenters. The zero-order chi connectivity index (χ0) is 17.1. The number of hydrogen-bond donors (Lipinski definition) is 7. The number of nitrogens with two attached hydrogens (primary N) is 2. The number of carbonyl (C=O) groups excluding carboxylic acids is 2. The van der Waals surface area contributed by atoms with Gasteiger partial charge in [0.2, 0.25) is 11.8 Å². The maximum absolute atomic E-state index is 12.1. The zero-order valence-corrected chi connectivity index (χ0v) is 14.0. The number of nitrogens with one attached hydrogen (secondary N) is 2. The van der Waals surface area contributed by atoms with Crippen LogP contribution in [0.2, 0.25) is 0 Å². The Bertz CT molecular complexity index is 384. The van der Waals surface area contributed by atoms with Gasteiger partial charge in [-0.1, -0.05) is 0 Å². The number of carboxylic acid groups (broad SMARTS) is 1. The molecule has 2 amide bonds. The normalized spacial score (nSPS) is 14.7. The Morgan fingerprint density at radius 1 is 1.00 bits per heavy atom. The van der Waals surface area contributed by atoms with E-state index in [1.54, 1.807) is 0 Å².